The minimum atomic E-state index is -1.19. The van der Waals surface area contributed by atoms with Gasteiger partial charge in [-0.2, -0.15) is 0 Å². The van der Waals surface area contributed by atoms with Crippen molar-refractivity contribution in [3.05, 3.63) is 35.5 Å². The molecule has 21 heavy (non-hydrogen) atoms. The maximum absolute atomic E-state index is 10.9. The van der Waals surface area contributed by atoms with Crippen LogP contribution in [0.4, 0.5) is 0 Å². The second-order valence-corrected chi connectivity index (χ2v) is 4.82. The van der Waals surface area contributed by atoms with E-state index in [1.165, 1.54) is 19.3 Å². The van der Waals surface area contributed by atoms with Gasteiger partial charge in [0.2, 0.25) is 5.69 Å². The van der Waals surface area contributed by atoms with Crippen LogP contribution in [0.1, 0.15) is 35.3 Å². The lowest BCUT2D eigenvalue weighted by Gasteiger charge is -2.18. The molecule has 1 aromatic heterocycles. The van der Waals surface area contributed by atoms with Gasteiger partial charge in [-0.25, -0.2) is 9.89 Å². The first-order valence-corrected chi connectivity index (χ1v) is 6.66. The fourth-order valence-corrected chi connectivity index (χ4v) is 1.89. The molecule has 1 fully saturated rings. The van der Waals surface area contributed by atoms with Crippen molar-refractivity contribution < 1.29 is 14.6 Å². The van der Waals surface area contributed by atoms with E-state index >= 15 is 0 Å². The highest BCUT2D eigenvalue weighted by Crippen LogP contribution is 2.25. The first-order valence-electron chi connectivity index (χ1n) is 6.66. The van der Waals surface area contributed by atoms with E-state index in [0.29, 0.717) is 11.7 Å². The predicted octanol–water partition coefficient (Wildman–Crippen LogP) is 2.45. The van der Waals surface area contributed by atoms with Crippen molar-refractivity contribution in [1.29, 1.82) is 0 Å². The summed E-state index contributed by atoms with van der Waals surface area (Å²) in [6.45, 7) is 0. The zero-order valence-corrected chi connectivity index (χ0v) is 11.2. The molecule has 2 N–H and O–H groups in total. The molecule has 0 saturated heterocycles. The summed E-state index contributed by atoms with van der Waals surface area (Å²) >= 11 is 0. The van der Waals surface area contributed by atoms with Crippen LogP contribution in [0.2, 0.25) is 0 Å². The highest BCUT2D eigenvalue weighted by atomic mass is 16.5. The Bertz CT molecular complexity index is 706. The summed E-state index contributed by atoms with van der Waals surface area (Å²) in [6.07, 6.45) is 3.66. The van der Waals surface area contributed by atoms with E-state index in [4.69, 9.17) is 9.84 Å². The number of carboxylic acid groups (broad SMARTS) is 1. The molecule has 0 bridgehead atoms. The van der Waals surface area contributed by atoms with Crippen LogP contribution in [0.5, 0.6) is 11.6 Å². The summed E-state index contributed by atoms with van der Waals surface area (Å²) in [5.41, 5.74) is 0.666. The largest absolute Gasteiger partial charge is 0.476 e. The number of ether oxygens (including phenoxy) is 1. The third kappa shape index (κ3) is 3.03. The average Bonchev–Trinajstić information content (AvgIpc) is 2.87. The van der Waals surface area contributed by atoms with Crippen LogP contribution < -0.4 is 4.74 Å². The number of aromatic amines is 1. The van der Waals surface area contributed by atoms with Gasteiger partial charge in [-0.1, -0.05) is 23.5 Å². The van der Waals surface area contributed by atoms with Crippen LogP contribution in [0.15, 0.2) is 24.3 Å². The highest BCUT2D eigenvalue weighted by Gasteiger charge is 2.16. The zero-order valence-electron chi connectivity index (χ0n) is 11.2. The van der Waals surface area contributed by atoms with Crippen molar-refractivity contribution in [2.75, 3.05) is 0 Å². The highest BCUT2D eigenvalue weighted by molar-refractivity contribution is 5.87. The van der Waals surface area contributed by atoms with E-state index in [0.717, 1.165) is 5.56 Å². The molecule has 1 heterocycles. The molecule has 0 atom stereocenters. The Morgan fingerprint density at radius 3 is 2.71 bits per heavy atom. The lowest BCUT2D eigenvalue weighted by atomic mass is 9.86. The standard InChI is InChI=1S/C15H13N3O3/c19-15(20)13-14(17-18-16-13)21-12-8-6-11(7-9-12)5-4-10-2-1-3-10/h6-10H,1-3H2,(H,19,20)(H,16,17,18). The maximum Gasteiger partial charge on any atom is 0.362 e. The van der Waals surface area contributed by atoms with Crippen LogP contribution in [-0.2, 0) is 0 Å². The molecular formula is C15H13N3O3. The SMILES string of the molecule is O=C(O)c1nn[nH]c1Oc1ccc(C#CC2CCC2)cc1. The van der Waals surface area contributed by atoms with Gasteiger partial charge in [0.05, 0.1) is 0 Å². The molecule has 0 radical (unpaired) electrons. The number of nitrogens with zero attached hydrogens (tertiary/aromatic N) is 2. The number of H-pyrrole nitrogens is 1. The van der Waals surface area contributed by atoms with Gasteiger partial charge in [0.15, 0.2) is 0 Å². The van der Waals surface area contributed by atoms with Crippen molar-refractivity contribution in [2.24, 2.45) is 5.92 Å². The molecule has 6 nitrogen and oxygen atoms in total. The predicted molar refractivity (Wildman–Crippen MR) is 74.1 cm³/mol. The lowest BCUT2D eigenvalue weighted by Crippen LogP contribution is -2.07. The second kappa shape index (κ2) is 5.67. The minimum Gasteiger partial charge on any atom is -0.476 e. The molecule has 0 amide bonds. The monoisotopic (exact) mass is 283 g/mol. The maximum atomic E-state index is 10.9. The molecule has 1 aliphatic rings. The van der Waals surface area contributed by atoms with Crippen LogP contribution >= 0.6 is 0 Å². The fourth-order valence-electron chi connectivity index (χ4n) is 1.89. The Labute approximate surface area is 121 Å². The van der Waals surface area contributed by atoms with E-state index < -0.39 is 5.97 Å². The molecule has 106 valence electrons. The van der Waals surface area contributed by atoms with Crippen molar-refractivity contribution in [3.8, 4) is 23.5 Å². The van der Waals surface area contributed by atoms with Gasteiger partial charge in [-0.05, 0) is 37.1 Å². The minimum absolute atomic E-state index is 0.0100. The molecule has 1 saturated carbocycles. The number of carbonyl (C=O) groups is 1. The number of benzene rings is 1. The van der Waals surface area contributed by atoms with E-state index in [1.54, 1.807) is 12.1 Å². The van der Waals surface area contributed by atoms with Gasteiger partial charge in [0.25, 0.3) is 5.88 Å². The van der Waals surface area contributed by atoms with E-state index in [1.807, 2.05) is 12.1 Å². The molecule has 0 spiro atoms. The van der Waals surface area contributed by atoms with Gasteiger partial charge in [0.1, 0.15) is 5.75 Å². The number of carboxylic acids is 1. The number of aromatic carboxylic acids is 1. The van der Waals surface area contributed by atoms with Gasteiger partial charge in [0, 0.05) is 11.5 Å². The van der Waals surface area contributed by atoms with Crippen molar-refractivity contribution in [1.82, 2.24) is 15.4 Å². The van der Waals surface area contributed by atoms with Gasteiger partial charge >= 0.3 is 5.97 Å². The second-order valence-electron chi connectivity index (χ2n) is 4.82. The number of nitrogens with one attached hydrogen (secondary N) is 1. The summed E-state index contributed by atoms with van der Waals surface area (Å²) in [7, 11) is 0. The van der Waals surface area contributed by atoms with Crippen LogP contribution in [0.25, 0.3) is 0 Å². The van der Waals surface area contributed by atoms with E-state index in [9.17, 15) is 4.79 Å². The van der Waals surface area contributed by atoms with Crippen molar-refractivity contribution in [2.45, 2.75) is 19.3 Å². The zero-order chi connectivity index (χ0) is 14.7. The Morgan fingerprint density at radius 2 is 2.10 bits per heavy atom. The lowest BCUT2D eigenvalue weighted by molar-refractivity contribution is 0.0687. The number of aromatic nitrogens is 3. The summed E-state index contributed by atoms with van der Waals surface area (Å²) in [5, 5.41) is 18.2. The Balaban J connectivity index is 1.70. The summed E-state index contributed by atoms with van der Waals surface area (Å²) in [6, 6.07) is 7.14. The Kier molecular flexibility index (Phi) is 3.56. The van der Waals surface area contributed by atoms with Gasteiger partial charge in [-0.3, -0.25) is 0 Å². The molecule has 1 aliphatic carbocycles. The van der Waals surface area contributed by atoms with Gasteiger partial charge < -0.3 is 9.84 Å². The smallest absolute Gasteiger partial charge is 0.362 e. The fraction of sp³-hybridized carbons (Fsp3) is 0.267. The summed E-state index contributed by atoms with van der Waals surface area (Å²) in [4.78, 5) is 10.9. The molecule has 0 unspecified atom stereocenters. The van der Waals surface area contributed by atoms with Crippen molar-refractivity contribution >= 4 is 5.97 Å². The van der Waals surface area contributed by atoms with Crippen molar-refractivity contribution in [3.63, 3.8) is 0 Å². The number of hydrogen-bond donors (Lipinski definition) is 2. The molecular weight excluding hydrogens is 270 g/mol. The third-order valence-corrected chi connectivity index (χ3v) is 3.32. The molecule has 0 aliphatic heterocycles. The quantitative estimate of drug-likeness (QED) is 0.845. The van der Waals surface area contributed by atoms with Crippen LogP contribution in [0, 0.1) is 17.8 Å². The van der Waals surface area contributed by atoms with E-state index in [2.05, 4.69) is 27.3 Å². The Hall–Kier alpha value is -2.81. The van der Waals surface area contributed by atoms with Crippen LogP contribution in [0.3, 0.4) is 0 Å². The molecule has 6 heteroatoms. The first kappa shape index (κ1) is 13.2. The van der Waals surface area contributed by atoms with E-state index in [-0.39, 0.29) is 11.6 Å². The molecule has 2 aromatic rings. The van der Waals surface area contributed by atoms with Crippen LogP contribution in [-0.4, -0.2) is 26.5 Å². The number of rotatable bonds is 3. The average molecular weight is 283 g/mol. The molecule has 1 aromatic carbocycles. The number of hydrogen-bond acceptors (Lipinski definition) is 4. The topological polar surface area (TPSA) is 88.1 Å². The summed E-state index contributed by atoms with van der Waals surface area (Å²) in [5.74, 6) is 6.21. The third-order valence-electron chi connectivity index (χ3n) is 3.32. The molecule has 3 rings (SSSR count). The summed E-state index contributed by atoms with van der Waals surface area (Å²) < 4.78 is 5.41. The van der Waals surface area contributed by atoms with Gasteiger partial charge in [-0.15, -0.1) is 5.10 Å². The Morgan fingerprint density at radius 1 is 1.33 bits per heavy atom. The normalized spacial score (nSPS) is 13.9. The first-order chi connectivity index (χ1) is 10.2.